The molecule has 0 aromatic rings. The summed E-state index contributed by atoms with van der Waals surface area (Å²) in [6, 6.07) is 0. The summed E-state index contributed by atoms with van der Waals surface area (Å²) in [6.07, 6.45) is 5.91. The second kappa shape index (κ2) is 3.02. The van der Waals surface area contributed by atoms with Gasteiger partial charge in [0.15, 0.2) is 0 Å². The van der Waals surface area contributed by atoms with Crippen LogP contribution in [0.2, 0.25) is 0 Å². The molecule has 1 heterocycles. The van der Waals surface area contributed by atoms with Gasteiger partial charge in [0.2, 0.25) is 0 Å². The lowest BCUT2D eigenvalue weighted by molar-refractivity contribution is 0.307. The van der Waals surface area contributed by atoms with Crippen LogP contribution in [-0.4, -0.2) is 13.1 Å². The molecule has 2 atom stereocenters. The molecule has 0 aromatic carbocycles. The second-order valence-electron chi connectivity index (χ2n) is 5.15. The Morgan fingerprint density at radius 2 is 2.33 bits per heavy atom. The Labute approximate surface area is 75.9 Å². The van der Waals surface area contributed by atoms with Gasteiger partial charge in [-0.15, -0.1) is 0 Å². The van der Waals surface area contributed by atoms with Gasteiger partial charge in [-0.1, -0.05) is 20.3 Å². The lowest BCUT2D eigenvalue weighted by atomic mass is 9.88. The van der Waals surface area contributed by atoms with Crippen molar-refractivity contribution in [3.8, 4) is 0 Å². The molecule has 0 spiro atoms. The molecular formula is C11H21N. The van der Waals surface area contributed by atoms with E-state index in [2.05, 4.69) is 19.2 Å². The molecule has 2 rings (SSSR count). The first-order valence-corrected chi connectivity index (χ1v) is 5.44. The molecule has 0 aromatic heterocycles. The van der Waals surface area contributed by atoms with E-state index in [-0.39, 0.29) is 0 Å². The van der Waals surface area contributed by atoms with Gasteiger partial charge in [0.05, 0.1) is 0 Å². The lowest BCUT2D eigenvalue weighted by Crippen LogP contribution is -2.29. The minimum absolute atomic E-state index is 0.815. The quantitative estimate of drug-likeness (QED) is 0.680. The van der Waals surface area contributed by atoms with E-state index in [0.717, 1.165) is 17.3 Å². The summed E-state index contributed by atoms with van der Waals surface area (Å²) in [5.41, 5.74) is 0.815. The van der Waals surface area contributed by atoms with Crippen LogP contribution >= 0.6 is 0 Å². The standard InChI is InChI=1S/C11H21N/c1-9(2)3-4-11-5-6-12-8-10(11)7-11/h9-10,12H,3-8H2,1-2H3. The number of nitrogens with one attached hydrogen (secondary N) is 1. The third-order valence-corrected chi connectivity index (χ3v) is 3.77. The van der Waals surface area contributed by atoms with E-state index in [1.54, 1.807) is 0 Å². The SMILES string of the molecule is CC(C)CCC12CCNCC1C2. The van der Waals surface area contributed by atoms with Gasteiger partial charge < -0.3 is 5.32 Å². The monoisotopic (exact) mass is 167 g/mol. The molecule has 1 N–H and O–H groups in total. The van der Waals surface area contributed by atoms with Crippen molar-refractivity contribution in [2.75, 3.05) is 13.1 Å². The van der Waals surface area contributed by atoms with Gasteiger partial charge in [-0.3, -0.25) is 0 Å². The summed E-state index contributed by atoms with van der Waals surface area (Å²) in [5.74, 6) is 1.94. The van der Waals surface area contributed by atoms with Gasteiger partial charge in [-0.2, -0.15) is 0 Å². The highest BCUT2D eigenvalue weighted by molar-refractivity contribution is 5.05. The molecule has 70 valence electrons. The van der Waals surface area contributed by atoms with Gasteiger partial charge in [0.1, 0.15) is 0 Å². The summed E-state index contributed by atoms with van der Waals surface area (Å²) in [7, 11) is 0. The van der Waals surface area contributed by atoms with E-state index in [1.807, 2.05) is 0 Å². The van der Waals surface area contributed by atoms with E-state index in [0.29, 0.717) is 0 Å². The van der Waals surface area contributed by atoms with E-state index < -0.39 is 0 Å². The Balaban J connectivity index is 1.80. The molecule has 1 saturated carbocycles. The normalized spacial score (nSPS) is 39.8. The van der Waals surface area contributed by atoms with Crippen LogP contribution in [0.1, 0.15) is 39.5 Å². The Hall–Kier alpha value is -0.0400. The highest BCUT2D eigenvalue weighted by atomic mass is 14.9. The largest absolute Gasteiger partial charge is 0.316 e. The Morgan fingerprint density at radius 3 is 3.00 bits per heavy atom. The molecule has 2 fully saturated rings. The van der Waals surface area contributed by atoms with Crippen LogP contribution in [0, 0.1) is 17.3 Å². The van der Waals surface area contributed by atoms with Crippen LogP contribution in [0.4, 0.5) is 0 Å². The lowest BCUT2D eigenvalue weighted by Gasteiger charge is -2.23. The maximum absolute atomic E-state index is 3.49. The number of hydrogen-bond donors (Lipinski definition) is 1. The first-order chi connectivity index (χ1) is 5.73. The predicted octanol–water partition coefficient (Wildman–Crippen LogP) is 2.42. The van der Waals surface area contributed by atoms with E-state index >= 15 is 0 Å². The summed E-state index contributed by atoms with van der Waals surface area (Å²) < 4.78 is 0. The van der Waals surface area contributed by atoms with Crippen molar-refractivity contribution in [3.05, 3.63) is 0 Å². The molecule has 1 heteroatoms. The topological polar surface area (TPSA) is 12.0 Å². The maximum atomic E-state index is 3.49. The minimum Gasteiger partial charge on any atom is -0.316 e. The summed E-state index contributed by atoms with van der Waals surface area (Å²) >= 11 is 0. The van der Waals surface area contributed by atoms with Crippen molar-refractivity contribution < 1.29 is 0 Å². The minimum atomic E-state index is 0.815. The van der Waals surface area contributed by atoms with E-state index in [1.165, 1.54) is 38.8 Å². The predicted molar refractivity (Wildman–Crippen MR) is 52.1 cm³/mol. The van der Waals surface area contributed by atoms with Crippen LogP contribution in [0.15, 0.2) is 0 Å². The Kier molecular flexibility index (Phi) is 2.16. The van der Waals surface area contributed by atoms with Crippen LogP contribution in [-0.2, 0) is 0 Å². The van der Waals surface area contributed by atoms with Gasteiger partial charge in [-0.25, -0.2) is 0 Å². The molecule has 1 saturated heterocycles. The number of fused-ring (bicyclic) bond motifs is 1. The Bertz CT molecular complexity index is 164. The molecule has 0 amide bonds. The fraction of sp³-hybridized carbons (Fsp3) is 1.00. The van der Waals surface area contributed by atoms with Crippen LogP contribution in [0.25, 0.3) is 0 Å². The zero-order valence-electron chi connectivity index (χ0n) is 8.40. The zero-order chi connectivity index (χ0) is 8.60. The summed E-state index contributed by atoms with van der Waals surface area (Å²) in [4.78, 5) is 0. The van der Waals surface area contributed by atoms with Gasteiger partial charge in [0, 0.05) is 0 Å². The molecule has 1 nitrogen and oxygen atoms in total. The molecule has 2 aliphatic rings. The third kappa shape index (κ3) is 1.52. The fourth-order valence-electron chi connectivity index (χ4n) is 2.65. The molecule has 0 radical (unpaired) electrons. The van der Waals surface area contributed by atoms with Crippen LogP contribution < -0.4 is 5.32 Å². The van der Waals surface area contributed by atoms with Crippen molar-refractivity contribution in [2.24, 2.45) is 17.3 Å². The van der Waals surface area contributed by atoms with E-state index in [4.69, 9.17) is 0 Å². The van der Waals surface area contributed by atoms with Crippen LogP contribution in [0.3, 0.4) is 0 Å². The van der Waals surface area contributed by atoms with Crippen molar-refractivity contribution in [1.29, 1.82) is 0 Å². The highest BCUT2D eigenvalue weighted by Gasteiger charge is 2.53. The van der Waals surface area contributed by atoms with E-state index in [9.17, 15) is 0 Å². The Morgan fingerprint density at radius 1 is 1.50 bits per heavy atom. The maximum Gasteiger partial charge on any atom is -0.00150 e. The molecule has 2 unspecified atom stereocenters. The molecule has 12 heavy (non-hydrogen) atoms. The number of rotatable bonds is 3. The molecule has 0 bridgehead atoms. The first kappa shape index (κ1) is 8.55. The third-order valence-electron chi connectivity index (χ3n) is 3.77. The number of hydrogen-bond acceptors (Lipinski definition) is 1. The van der Waals surface area contributed by atoms with Crippen molar-refractivity contribution in [2.45, 2.75) is 39.5 Å². The molecule has 1 aliphatic heterocycles. The fourth-order valence-corrected chi connectivity index (χ4v) is 2.65. The van der Waals surface area contributed by atoms with Crippen molar-refractivity contribution in [3.63, 3.8) is 0 Å². The number of piperidine rings is 1. The highest BCUT2D eigenvalue weighted by Crippen LogP contribution is 2.59. The van der Waals surface area contributed by atoms with Crippen molar-refractivity contribution in [1.82, 2.24) is 5.32 Å². The smallest absolute Gasteiger partial charge is 0.00150 e. The molecule has 1 aliphatic carbocycles. The van der Waals surface area contributed by atoms with Gasteiger partial charge >= 0.3 is 0 Å². The van der Waals surface area contributed by atoms with Crippen LogP contribution in [0.5, 0.6) is 0 Å². The molecular weight excluding hydrogens is 146 g/mol. The average molecular weight is 167 g/mol. The average Bonchev–Trinajstić information content (AvgIpc) is 2.75. The summed E-state index contributed by atoms with van der Waals surface area (Å²) in [5, 5.41) is 3.49. The van der Waals surface area contributed by atoms with Gasteiger partial charge in [0.25, 0.3) is 0 Å². The first-order valence-electron chi connectivity index (χ1n) is 5.44. The zero-order valence-corrected chi connectivity index (χ0v) is 8.40. The van der Waals surface area contributed by atoms with Gasteiger partial charge in [-0.05, 0) is 49.6 Å². The summed E-state index contributed by atoms with van der Waals surface area (Å²) in [6.45, 7) is 7.26. The van der Waals surface area contributed by atoms with Crippen molar-refractivity contribution >= 4 is 0 Å². The second-order valence-corrected chi connectivity index (χ2v) is 5.15.